The van der Waals surface area contributed by atoms with Crippen LogP contribution in [0.1, 0.15) is 29.7 Å². The number of carbonyl (C=O) groups is 2. The van der Waals surface area contributed by atoms with Crippen molar-refractivity contribution in [1.29, 1.82) is 0 Å². The molecule has 1 saturated heterocycles. The summed E-state index contributed by atoms with van der Waals surface area (Å²) in [5.74, 6) is -0.747. The average Bonchev–Trinajstić information content (AvgIpc) is 3.17. The monoisotopic (exact) mass is 539 g/mol. The molecular weight excluding hydrogens is 517 g/mol. The first-order valence-corrected chi connectivity index (χ1v) is 12.4. The molecular formula is C28H23Cl2NO6. The number of amides is 1. The first-order chi connectivity index (χ1) is 17.8. The number of hydrogen-bond donors (Lipinski definition) is 1. The number of Topliss-reactive ketones (excluding diaryl/α,β-unsaturated/α-hetero) is 1. The van der Waals surface area contributed by atoms with E-state index in [2.05, 4.69) is 0 Å². The van der Waals surface area contributed by atoms with Gasteiger partial charge in [0.05, 0.1) is 28.8 Å². The molecule has 0 saturated carbocycles. The van der Waals surface area contributed by atoms with Gasteiger partial charge in [0.15, 0.2) is 17.2 Å². The predicted octanol–water partition coefficient (Wildman–Crippen LogP) is 5.96. The van der Waals surface area contributed by atoms with Crippen molar-refractivity contribution >= 4 is 46.3 Å². The average molecular weight is 540 g/mol. The fraction of sp³-hybridized carbons (Fsp3) is 0.214. The molecule has 190 valence electrons. The van der Waals surface area contributed by atoms with Crippen LogP contribution in [0.2, 0.25) is 10.0 Å². The van der Waals surface area contributed by atoms with E-state index in [0.717, 1.165) is 12.0 Å². The summed E-state index contributed by atoms with van der Waals surface area (Å²) in [6.07, 6.45) is 0.825. The summed E-state index contributed by atoms with van der Waals surface area (Å²) in [4.78, 5) is 28.2. The van der Waals surface area contributed by atoms with Gasteiger partial charge in [0.1, 0.15) is 19.0 Å². The second kappa shape index (κ2) is 10.00. The van der Waals surface area contributed by atoms with Crippen LogP contribution in [0, 0.1) is 0 Å². The number of ketones is 1. The van der Waals surface area contributed by atoms with E-state index >= 15 is 0 Å². The lowest BCUT2D eigenvalue weighted by Crippen LogP contribution is -2.29. The number of anilines is 1. The standard InChI is InChI=1S/C28H23Cl2NO6/c1-3-15-4-6-16(7-5-15)24-23(25(32)17-12-19(29)27(35-2)20(30)13-17)26(33)28(34)31(24)18-8-9-21-22(14-18)37-11-10-36-21/h4-9,12-14,24,32H,3,10-11H2,1-2H3/b25-23+. The Morgan fingerprint density at radius 1 is 1.00 bits per heavy atom. The molecule has 0 spiro atoms. The number of ether oxygens (including phenoxy) is 3. The number of fused-ring (bicyclic) bond motifs is 1. The number of aryl methyl sites for hydroxylation is 1. The minimum atomic E-state index is -0.909. The number of rotatable bonds is 5. The molecule has 5 rings (SSSR count). The number of halogens is 2. The molecule has 9 heteroatoms. The minimum absolute atomic E-state index is 0.0820. The molecule has 0 bridgehead atoms. The van der Waals surface area contributed by atoms with Gasteiger partial charge in [-0.15, -0.1) is 0 Å². The number of benzene rings is 3. The van der Waals surface area contributed by atoms with Gasteiger partial charge in [0.2, 0.25) is 0 Å². The second-order valence-electron chi connectivity index (χ2n) is 8.57. The summed E-state index contributed by atoms with van der Waals surface area (Å²) < 4.78 is 16.5. The van der Waals surface area contributed by atoms with Crippen LogP contribution in [0.3, 0.4) is 0 Å². The SMILES string of the molecule is CCc1ccc(C2/C(=C(\O)c3cc(Cl)c(OC)c(Cl)c3)C(=O)C(=O)N2c2ccc3c(c2)OCCO3)cc1. The van der Waals surface area contributed by atoms with E-state index in [-0.39, 0.29) is 26.9 Å². The maximum Gasteiger partial charge on any atom is 0.300 e. The fourth-order valence-corrected chi connectivity index (χ4v) is 5.22. The third kappa shape index (κ3) is 4.38. The van der Waals surface area contributed by atoms with Gasteiger partial charge in [-0.25, -0.2) is 0 Å². The lowest BCUT2D eigenvalue weighted by Gasteiger charge is -2.27. The normalized spacial score (nSPS) is 18.3. The Labute approximate surface area is 223 Å². The Morgan fingerprint density at radius 2 is 1.65 bits per heavy atom. The molecule has 1 N–H and O–H groups in total. The predicted molar refractivity (Wildman–Crippen MR) is 141 cm³/mol. The first-order valence-electron chi connectivity index (χ1n) is 11.7. The summed E-state index contributed by atoms with van der Waals surface area (Å²) >= 11 is 12.6. The number of methoxy groups -OCH3 is 1. The highest BCUT2D eigenvalue weighted by Crippen LogP contribution is 2.45. The van der Waals surface area contributed by atoms with Gasteiger partial charge in [0, 0.05) is 17.3 Å². The van der Waals surface area contributed by atoms with Gasteiger partial charge < -0.3 is 19.3 Å². The molecule has 2 heterocycles. The lowest BCUT2D eigenvalue weighted by molar-refractivity contribution is -0.132. The van der Waals surface area contributed by atoms with Crippen LogP contribution in [0.4, 0.5) is 5.69 Å². The molecule has 0 radical (unpaired) electrons. The highest BCUT2D eigenvalue weighted by Gasteiger charge is 2.47. The van der Waals surface area contributed by atoms with Crippen LogP contribution < -0.4 is 19.1 Å². The second-order valence-corrected chi connectivity index (χ2v) is 9.38. The van der Waals surface area contributed by atoms with E-state index in [9.17, 15) is 14.7 Å². The van der Waals surface area contributed by atoms with Gasteiger partial charge >= 0.3 is 0 Å². The summed E-state index contributed by atoms with van der Waals surface area (Å²) in [5, 5.41) is 11.7. The van der Waals surface area contributed by atoms with E-state index in [1.807, 2.05) is 31.2 Å². The van der Waals surface area contributed by atoms with E-state index in [4.69, 9.17) is 37.4 Å². The molecule has 1 atom stereocenters. The number of carbonyl (C=O) groups excluding carboxylic acids is 2. The maximum absolute atomic E-state index is 13.4. The molecule has 3 aromatic carbocycles. The number of nitrogens with zero attached hydrogens (tertiary/aromatic N) is 1. The van der Waals surface area contributed by atoms with E-state index < -0.39 is 23.5 Å². The van der Waals surface area contributed by atoms with Crippen molar-refractivity contribution in [3.8, 4) is 17.2 Å². The third-order valence-electron chi connectivity index (χ3n) is 6.43. The lowest BCUT2D eigenvalue weighted by atomic mass is 9.94. The van der Waals surface area contributed by atoms with Crippen molar-refractivity contribution in [2.24, 2.45) is 0 Å². The number of aliphatic hydroxyl groups is 1. The van der Waals surface area contributed by atoms with Crippen molar-refractivity contribution in [1.82, 2.24) is 0 Å². The van der Waals surface area contributed by atoms with Crippen LogP contribution in [0.25, 0.3) is 5.76 Å². The highest BCUT2D eigenvalue weighted by atomic mass is 35.5. The van der Waals surface area contributed by atoms with Crippen LogP contribution in [-0.2, 0) is 16.0 Å². The first kappa shape index (κ1) is 25.0. The Morgan fingerprint density at radius 3 is 2.27 bits per heavy atom. The fourth-order valence-electron chi connectivity index (χ4n) is 4.58. The molecule has 2 aliphatic heterocycles. The van der Waals surface area contributed by atoms with Gasteiger partial charge in [-0.3, -0.25) is 14.5 Å². The Bertz CT molecular complexity index is 1410. The van der Waals surface area contributed by atoms with Gasteiger partial charge in [-0.2, -0.15) is 0 Å². The molecule has 1 fully saturated rings. The minimum Gasteiger partial charge on any atom is -0.507 e. The van der Waals surface area contributed by atoms with Crippen molar-refractivity contribution < 1.29 is 28.9 Å². The van der Waals surface area contributed by atoms with Crippen molar-refractivity contribution in [2.45, 2.75) is 19.4 Å². The van der Waals surface area contributed by atoms with Crippen LogP contribution in [0.15, 0.2) is 60.2 Å². The van der Waals surface area contributed by atoms with Crippen LogP contribution >= 0.6 is 23.2 Å². The van der Waals surface area contributed by atoms with Gasteiger partial charge in [-0.1, -0.05) is 54.4 Å². The summed E-state index contributed by atoms with van der Waals surface area (Å²) in [7, 11) is 1.42. The molecule has 1 unspecified atom stereocenters. The van der Waals surface area contributed by atoms with Crippen LogP contribution in [0.5, 0.6) is 17.2 Å². The van der Waals surface area contributed by atoms with Gasteiger partial charge in [0.25, 0.3) is 11.7 Å². The highest BCUT2D eigenvalue weighted by molar-refractivity contribution is 6.51. The van der Waals surface area contributed by atoms with E-state index in [0.29, 0.717) is 36.0 Å². The maximum atomic E-state index is 13.4. The zero-order valence-electron chi connectivity index (χ0n) is 20.1. The Balaban J connectivity index is 1.70. The summed E-state index contributed by atoms with van der Waals surface area (Å²) in [5.41, 5.74) is 2.28. The Kier molecular flexibility index (Phi) is 6.75. The Hall–Kier alpha value is -3.68. The summed E-state index contributed by atoms with van der Waals surface area (Å²) in [6.45, 7) is 2.83. The largest absolute Gasteiger partial charge is 0.507 e. The van der Waals surface area contributed by atoms with E-state index in [1.165, 1.54) is 24.1 Å². The molecule has 0 aromatic heterocycles. The summed E-state index contributed by atoms with van der Waals surface area (Å²) in [6, 6.07) is 14.6. The quantitative estimate of drug-likeness (QED) is 0.244. The van der Waals surface area contributed by atoms with Crippen molar-refractivity contribution in [3.05, 3.63) is 86.9 Å². The zero-order chi connectivity index (χ0) is 26.3. The molecule has 0 aliphatic carbocycles. The van der Waals surface area contributed by atoms with Crippen molar-refractivity contribution in [3.63, 3.8) is 0 Å². The molecule has 7 nitrogen and oxygen atoms in total. The molecule has 2 aliphatic rings. The third-order valence-corrected chi connectivity index (χ3v) is 6.99. The molecule has 1 amide bonds. The molecule has 3 aromatic rings. The number of aliphatic hydroxyl groups excluding tert-OH is 1. The van der Waals surface area contributed by atoms with E-state index in [1.54, 1.807) is 18.2 Å². The molecule has 37 heavy (non-hydrogen) atoms. The smallest absolute Gasteiger partial charge is 0.300 e. The van der Waals surface area contributed by atoms with Crippen molar-refractivity contribution in [2.75, 3.05) is 25.2 Å². The van der Waals surface area contributed by atoms with Gasteiger partial charge in [-0.05, 0) is 41.8 Å². The van der Waals surface area contributed by atoms with Crippen LogP contribution in [-0.4, -0.2) is 37.1 Å². The number of hydrogen-bond acceptors (Lipinski definition) is 6. The zero-order valence-corrected chi connectivity index (χ0v) is 21.6. The topological polar surface area (TPSA) is 85.3 Å².